The summed E-state index contributed by atoms with van der Waals surface area (Å²) in [5, 5.41) is -0.00282. The highest BCUT2D eigenvalue weighted by Crippen LogP contribution is 2.29. The first-order chi connectivity index (χ1) is 8.84. The number of sulfonamides is 1. The zero-order chi connectivity index (χ0) is 14.1. The van der Waals surface area contributed by atoms with E-state index in [0.717, 1.165) is 12.8 Å². The van der Waals surface area contributed by atoms with Gasteiger partial charge in [0, 0.05) is 26.8 Å². The van der Waals surface area contributed by atoms with Crippen molar-refractivity contribution < 1.29 is 13.2 Å². The molecule has 1 aromatic rings. The molecule has 108 valence electrons. The van der Waals surface area contributed by atoms with Crippen molar-refractivity contribution in [2.24, 2.45) is 12.5 Å². The van der Waals surface area contributed by atoms with E-state index < -0.39 is 10.0 Å². The van der Waals surface area contributed by atoms with Gasteiger partial charge in [0.25, 0.3) is 10.0 Å². The molecule has 1 aliphatic rings. The fraction of sp³-hybridized carbons (Fsp3) is 0.727. The van der Waals surface area contributed by atoms with Crippen LogP contribution in [-0.4, -0.2) is 37.7 Å². The van der Waals surface area contributed by atoms with Crippen molar-refractivity contribution in [1.29, 1.82) is 0 Å². The molecule has 0 radical (unpaired) electrons. The molecule has 1 saturated heterocycles. The Morgan fingerprint density at radius 1 is 1.53 bits per heavy atom. The number of rotatable bonds is 4. The van der Waals surface area contributed by atoms with E-state index in [2.05, 4.69) is 16.6 Å². The summed E-state index contributed by atoms with van der Waals surface area (Å²) in [6.07, 6.45) is 3.06. The third-order valence-corrected chi connectivity index (χ3v) is 5.37. The number of nitrogens with one attached hydrogen (secondary N) is 1. The topological polar surface area (TPSA) is 73.2 Å². The Morgan fingerprint density at radius 3 is 2.68 bits per heavy atom. The summed E-state index contributed by atoms with van der Waals surface area (Å²) in [4.78, 5) is 3.83. The fourth-order valence-electron chi connectivity index (χ4n) is 1.95. The van der Waals surface area contributed by atoms with E-state index in [1.165, 1.54) is 10.9 Å². The second-order valence-corrected chi connectivity index (χ2v) is 7.24. The average molecular weight is 308 g/mol. The van der Waals surface area contributed by atoms with Crippen LogP contribution in [0.5, 0.6) is 0 Å². The van der Waals surface area contributed by atoms with Crippen molar-refractivity contribution in [3.8, 4) is 0 Å². The van der Waals surface area contributed by atoms with E-state index in [1.807, 2.05) is 0 Å². The summed E-state index contributed by atoms with van der Waals surface area (Å²) >= 11 is 5.91. The van der Waals surface area contributed by atoms with Crippen LogP contribution in [0.15, 0.2) is 11.4 Å². The molecular weight excluding hydrogens is 290 g/mol. The van der Waals surface area contributed by atoms with Crippen molar-refractivity contribution in [2.45, 2.75) is 24.8 Å². The second-order valence-electron chi connectivity index (χ2n) is 5.20. The van der Waals surface area contributed by atoms with Crippen molar-refractivity contribution in [1.82, 2.24) is 14.3 Å². The summed E-state index contributed by atoms with van der Waals surface area (Å²) in [5.41, 5.74) is -0.0768. The summed E-state index contributed by atoms with van der Waals surface area (Å²) in [7, 11) is -2.02. The van der Waals surface area contributed by atoms with Crippen molar-refractivity contribution in [3.05, 3.63) is 11.5 Å². The fourth-order valence-corrected chi connectivity index (χ4v) is 3.58. The zero-order valence-corrected chi connectivity index (χ0v) is 12.6. The summed E-state index contributed by atoms with van der Waals surface area (Å²) in [6.45, 7) is 3.76. The first-order valence-electron chi connectivity index (χ1n) is 6.08. The smallest absolute Gasteiger partial charge is 0.261 e. The Labute approximate surface area is 118 Å². The summed E-state index contributed by atoms with van der Waals surface area (Å²) in [6, 6.07) is 0. The number of nitrogens with zero attached hydrogens (tertiary/aromatic N) is 2. The maximum Gasteiger partial charge on any atom is 0.261 e. The minimum atomic E-state index is -3.66. The SMILES string of the molecule is Cn1cnc(S(=O)(=O)NCC2(C)CCOCC2)c1Cl. The van der Waals surface area contributed by atoms with Gasteiger partial charge in [0.15, 0.2) is 0 Å². The standard InChI is InChI=1S/C11H18ClN3O3S/c1-11(3-5-18-6-4-11)7-14-19(16,17)10-9(12)15(2)8-13-10/h8,14H,3-7H2,1-2H3. The molecule has 1 aliphatic heterocycles. The molecule has 0 unspecified atom stereocenters. The number of aryl methyl sites for hydroxylation is 1. The zero-order valence-electron chi connectivity index (χ0n) is 11.0. The number of hydrogen-bond donors (Lipinski definition) is 1. The van der Waals surface area contributed by atoms with E-state index in [-0.39, 0.29) is 15.6 Å². The molecule has 0 atom stereocenters. The van der Waals surface area contributed by atoms with E-state index >= 15 is 0 Å². The van der Waals surface area contributed by atoms with Gasteiger partial charge in [0.1, 0.15) is 5.15 Å². The number of halogens is 1. The first kappa shape index (κ1) is 14.8. The molecule has 1 aromatic heterocycles. The van der Waals surface area contributed by atoms with Gasteiger partial charge in [-0.25, -0.2) is 18.1 Å². The number of imidazole rings is 1. The Hall–Kier alpha value is -0.630. The number of aromatic nitrogens is 2. The van der Waals surface area contributed by atoms with Crippen LogP contribution in [0.3, 0.4) is 0 Å². The lowest BCUT2D eigenvalue weighted by molar-refractivity contribution is 0.0264. The minimum absolute atomic E-state index is 0.0768. The van der Waals surface area contributed by atoms with Crippen LogP contribution in [0.25, 0.3) is 0 Å². The molecule has 0 bridgehead atoms. The first-order valence-corrected chi connectivity index (χ1v) is 7.94. The van der Waals surface area contributed by atoms with Gasteiger partial charge in [-0.2, -0.15) is 0 Å². The molecule has 0 spiro atoms. The van der Waals surface area contributed by atoms with Gasteiger partial charge in [0.05, 0.1) is 6.33 Å². The normalized spacial score (nSPS) is 19.5. The van der Waals surface area contributed by atoms with Crippen LogP contribution < -0.4 is 4.72 Å². The lowest BCUT2D eigenvalue weighted by Gasteiger charge is -2.33. The molecule has 1 N–H and O–H groups in total. The predicted molar refractivity (Wildman–Crippen MR) is 71.6 cm³/mol. The molecule has 2 heterocycles. The van der Waals surface area contributed by atoms with Gasteiger partial charge < -0.3 is 9.30 Å². The van der Waals surface area contributed by atoms with E-state index in [4.69, 9.17) is 16.3 Å². The van der Waals surface area contributed by atoms with Crippen LogP contribution in [0, 0.1) is 5.41 Å². The highest BCUT2D eigenvalue weighted by molar-refractivity contribution is 7.89. The summed E-state index contributed by atoms with van der Waals surface area (Å²) in [5.74, 6) is 0. The molecule has 0 aliphatic carbocycles. The van der Waals surface area contributed by atoms with Gasteiger partial charge in [0.2, 0.25) is 5.03 Å². The third kappa shape index (κ3) is 3.28. The van der Waals surface area contributed by atoms with Gasteiger partial charge in [-0.05, 0) is 18.3 Å². The van der Waals surface area contributed by atoms with Crippen molar-refractivity contribution in [3.63, 3.8) is 0 Å². The molecule has 2 rings (SSSR count). The lowest BCUT2D eigenvalue weighted by atomic mass is 9.83. The molecule has 0 amide bonds. The van der Waals surface area contributed by atoms with Gasteiger partial charge in [-0.1, -0.05) is 18.5 Å². The number of hydrogen-bond acceptors (Lipinski definition) is 4. The molecule has 8 heteroatoms. The van der Waals surface area contributed by atoms with Crippen molar-refractivity contribution >= 4 is 21.6 Å². The Kier molecular flexibility index (Phi) is 4.20. The molecule has 1 fully saturated rings. The van der Waals surface area contributed by atoms with Crippen LogP contribution in [0.2, 0.25) is 5.15 Å². The summed E-state index contributed by atoms with van der Waals surface area (Å²) < 4.78 is 33.6. The van der Waals surface area contributed by atoms with Crippen LogP contribution in [0.4, 0.5) is 0 Å². The van der Waals surface area contributed by atoms with Crippen LogP contribution in [0.1, 0.15) is 19.8 Å². The molecule has 6 nitrogen and oxygen atoms in total. The van der Waals surface area contributed by atoms with Crippen LogP contribution >= 0.6 is 11.6 Å². The van der Waals surface area contributed by atoms with Gasteiger partial charge >= 0.3 is 0 Å². The van der Waals surface area contributed by atoms with E-state index in [1.54, 1.807) is 7.05 Å². The highest BCUT2D eigenvalue weighted by atomic mass is 35.5. The average Bonchev–Trinajstić information content (AvgIpc) is 2.70. The Balaban J connectivity index is 2.08. The van der Waals surface area contributed by atoms with Gasteiger partial charge in [-0.3, -0.25) is 0 Å². The quantitative estimate of drug-likeness (QED) is 0.906. The third-order valence-electron chi connectivity index (χ3n) is 3.48. The Morgan fingerprint density at radius 2 is 2.16 bits per heavy atom. The second kappa shape index (κ2) is 5.40. The molecule has 0 saturated carbocycles. The van der Waals surface area contributed by atoms with E-state index in [0.29, 0.717) is 19.8 Å². The van der Waals surface area contributed by atoms with Crippen LogP contribution in [-0.2, 0) is 21.8 Å². The monoisotopic (exact) mass is 307 g/mol. The van der Waals surface area contributed by atoms with Crippen molar-refractivity contribution in [2.75, 3.05) is 19.8 Å². The lowest BCUT2D eigenvalue weighted by Crippen LogP contribution is -2.39. The molecular formula is C11H18ClN3O3S. The number of ether oxygens (including phenoxy) is 1. The highest BCUT2D eigenvalue weighted by Gasteiger charge is 2.30. The maximum atomic E-state index is 12.1. The molecule has 19 heavy (non-hydrogen) atoms. The Bertz CT molecular complexity index is 550. The maximum absolute atomic E-state index is 12.1. The van der Waals surface area contributed by atoms with E-state index in [9.17, 15) is 8.42 Å². The predicted octanol–water partition coefficient (Wildman–Crippen LogP) is 1.17. The largest absolute Gasteiger partial charge is 0.381 e. The minimum Gasteiger partial charge on any atom is -0.381 e. The molecule has 0 aromatic carbocycles. The van der Waals surface area contributed by atoms with Gasteiger partial charge in [-0.15, -0.1) is 0 Å².